The molecule has 5 nitrogen and oxygen atoms in total. The molecule has 0 radical (unpaired) electrons. The zero-order valence-electron chi connectivity index (χ0n) is 12.6. The zero-order chi connectivity index (χ0) is 15.5. The fourth-order valence-corrected chi connectivity index (χ4v) is 2.34. The summed E-state index contributed by atoms with van der Waals surface area (Å²) in [5.41, 5.74) is 4.10. The second-order valence-corrected chi connectivity index (χ2v) is 5.04. The molecule has 0 amide bonds. The van der Waals surface area contributed by atoms with Gasteiger partial charge in [0.15, 0.2) is 0 Å². The number of aromatic nitrogens is 3. The normalized spacial score (nSPS) is 10.6. The first-order chi connectivity index (χ1) is 10.7. The van der Waals surface area contributed by atoms with E-state index < -0.39 is 0 Å². The third-order valence-electron chi connectivity index (χ3n) is 3.44. The van der Waals surface area contributed by atoms with Gasteiger partial charge in [-0.15, -0.1) is 0 Å². The molecule has 0 spiro atoms. The lowest BCUT2D eigenvalue weighted by atomic mass is 10.0. The Balaban J connectivity index is 2.08. The summed E-state index contributed by atoms with van der Waals surface area (Å²) in [6.07, 6.45) is 6.52. The summed E-state index contributed by atoms with van der Waals surface area (Å²) in [6.45, 7) is 4.50. The van der Waals surface area contributed by atoms with Gasteiger partial charge in [0.25, 0.3) is 0 Å². The molecule has 0 N–H and O–H groups in total. The minimum Gasteiger partial charge on any atom is -0.477 e. The highest BCUT2D eigenvalue weighted by atomic mass is 16.5. The molecule has 0 aromatic carbocycles. The highest BCUT2D eigenvalue weighted by Crippen LogP contribution is 2.27. The van der Waals surface area contributed by atoms with Gasteiger partial charge in [0, 0.05) is 35.4 Å². The molecule has 3 aromatic rings. The summed E-state index contributed by atoms with van der Waals surface area (Å²) in [7, 11) is 0. The number of pyridine rings is 2. The molecule has 0 saturated heterocycles. The van der Waals surface area contributed by atoms with Crippen molar-refractivity contribution in [3.8, 4) is 23.1 Å². The van der Waals surface area contributed by atoms with Gasteiger partial charge in [0.2, 0.25) is 5.88 Å². The Kier molecular flexibility index (Phi) is 3.75. The number of aryl methyl sites for hydroxylation is 1. The van der Waals surface area contributed by atoms with Gasteiger partial charge in [-0.25, -0.2) is 9.97 Å². The van der Waals surface area contributed by atoms with Crippen LogP contribution in [0.3, 0.4) is 0 Å². The Morgan fingerprint density at radius 1 is 1.36 bits per heavy atom. The van der Waals surface area contributed by atoms with Gasteiger partial charge in [0.05, 0.1) is 6.61 Å². The molecular weight excluding hydrogens is 276 g/mol. The van der Waals surface area contributed by atoms with E-state index in [1.165, 1.54) is 0 Å². The van der Waals surface area contributed by atoms with Crippen LogP contribution in [0, 0.1) is 18.3 Å². The number of hydrogen-bond donors (Lipinski definition) is 0. The van der Waals surface area contributed by atoms with Crippen LogP contribution in [0.1, 0.15) is 24.6 Å². The van der Waals surface area contributed by atoms with Crippen molar-refractivity contribution in [3.05, 3.63) is 48.0 Å². The van der Waals surface area contributed by atoms with Crippen LogP contribution in [-0.2, 0) is 0 Å². The van der Waals surface area contributed by atoms with Gasteiger partial charge >= 0.3 is 0 Å². The molecule has 22 heavy (non-hydrogen) atoms. The molecule has 5 heteroatoms. The SMILES string of the molecule is CCCOc1nc(C)c(-c2ccc3nccn3c2)cc1C#N. The number of rotatable bonds is 4. The Hall–Kier alpha value is -2.87. The van der Waals surface area contributed by atoms with E-state index in [4.69, 9.17) is 4.74 Å². The predicted molar refractivity (Wildman–Crippen MR) is 83.7 cm³/mol. The van der Waals surface area contributed by atoms with Crippen molar-refractivity contribution in [2.75, 3.05) is 6.61 Å². The summed E-state index contributed by atoms with van der Waals surface area (Å²) in [5, 5.41) is 9.33. The minimum absolute atomic E-state index is 0.411. The van der Waals surface area contributed by atoms with E-state index in [1.54, 1.807) is 6.20 Å². The molecule has 0 aliphatic heterocycles. The molecule has 0 saturated carbocycles. The first kappa shape index (κ1) is 14.1. The van der Waals surface area contributed by atoms with Gasteiger partial charge in [0.1, 0.15) is 17.3 Å². The highest BCUT2D eigenvalue weighted by Gasteiger charge is 2.12. The summed E-state index contributed by atoms with van der Waals surface area (Å²) in [5.74, 6) is 0.411. The molecule has 110 valence electrons. The standard InChI is InChI=1S/C17H16N4O/c1-3-8-22-17-14(10-18)9-15(12(2)20-17)13-4-5-16-19-6-7-21(16)11-13/h4-7,9,11H,3,8H2,1-2H3. The predicted octanol–water partition coefficient (Wildman–Crippen LogP) is 3.37. The maximum Gasteiger partial charge on any atom is 0.231 e. The lowest BCUT2D eigenvalue weighted by Gasteiger charge is -2.11. The number of imidazole rings is 1. The lowest BCUT2D eigenvalue weighted by molar-refractivity contribution is 0.304. The Labute approximate surface area is 128 Å². The Morgan fingerprint density at radius 3 is 3.00 bits per heavy atom. The number of nitriles is 1. The molecule has 0 bridgehead atoms. The molecule has 3 heterocycles. The Bertz CT molecular complexity index is 861. The van der Waals surface area contributed by atoms with Crippen LogP contribution >= 0.6 is 0 Å². The average molecular weight is 292 g/mol. The fraction of sp³-hybridized carbons (Fsp3) is 0.235. The third kappa shape index (κ3) is 2.51. The smallest absolute Gasteiger partial charge is 0.231 e. The van der Waals surface area contributed by atoms with Crippen molar-refractivity contribution < 1.29 is 4.74 Å². The second-order valence-electron chi connectivity index (χ2n) is 5.04. The van der Waals surface area contributed by atoms with Crippen LogP contribution in [0.25, 0.3) is 16.8 Å². The number of ether oxygens (including phenoxy) is 1. The number of hydrogen-bond acceptors (Lipinski definition) is 4. The van der Waals surface area contributed by atoms with Crippen LogP contribution in [0.2, 0.25) is 0 Å². The van der Waals surface area contributed by atoms with Crippen LogP contribution in [-0.4, -0.2) is 21.0 Å². The van der Waals surface area contributed by atoms with Crippen LogP contribution < -0.4 is 4.74 Å². The van der Waals surface area contributed by atoms with Crippen molar-refractivity contribution in [3.63, 3.8) is 0 Å². The van der Waals surface area contributed by atoms with Gasteiger partial charge in [-0.05, 0) is 31.5 Å². The molecule has 0 atom stereocenters. The molecule has 3 rings (SSSR count). The quantitative estimate of drug-likeness (QED) is 0.739. The molecule has 3 aromatic heterocycles. The summed E-state index contributed by atoms with van der Waals surface area (Å²) in [6, 6.07) is 7.94. The number of fused-ring (bicyclic) bond motifs is 1. The van der Waals surface area contributed by atoms with Crippen LogP contribution in [0.4, 0.5) is 0 Å². The topological polar surface area (TPSA) is 63.2 Å². The Morgan fingerprint density at radius 2 is 2.23 bits per heavy atom. The fourth-order valence-electron chi connectivity index (χ4n) is 2.34. The summed E-state index contributed by atoms with van der Waals surface area (Å²) >= 11 is 0. The van der Waals surface area contributed by atoms with Crippen molar-refractivity contribution in [1.29, 1.82) is 5.26 Å². The van der Waals surface area contributed by atoms with E-state index in [2.05, 4.69) is 16.0 Å². The van der Waals surface area contributed by atoms with Gasteiger partial charge in [-0.3, -0.25) is 0 Å². The maximum atomic E-state index is 9.33. The van der Waals surface area contributed by atoms with Crippen LogP contribution in [0.5, 0.6) is 5.88 Å². The first-order valence-electron chi connectivity index (χ1n) is 7.20. The van der Waals surface area contributed by atoms with Gasteiger partial charge < -0.3 is 9.14 Å². The van der Waals surface area contributed by atoms with Crippen molar-refractivity contribution in [2.45, 2.75) is 20.3 Å². The van der Waals surface area contributed by atoms with Crippen molar-refractivity contribution >= 4 is 5.65 Å². The minimum atomic E-state index is 0.411. The highest BCUT2D eigenvalue weighted by molar-refractivity contribution is 5.69. The van der Waals surface area contributed by atoms with E-state index in [-0.39, 0.29) is 0 Å². The van der Waals surface area contributed by atoms with E-state index in [0.29, 0.717) is 18.1 Å². The summed E-state index contributed by atoms with van der Waals surface area (Å²) in [4.78, 5) is 8.69. The molecule has 0 aliphatic carbocycles. The molecule has 0 aliphatic rings. The van der Waals surface area contributed by atoms with Gasteiger partial charge in [-0.2, -0.15) is 5.26 Å². The second kappa shape index (κ2) is 5.86. The molecule has 0 unspecified atom stereocenters. The molecular formula is C17H16N4O. The van der Waals surface area contributed by atoms with Crippen molar-refractivity contribution in [2.24, 2.45) is 0 Å². The van der Waals surface area contributed by atoms with Crippen LogP contribution in [0.15, 0.2) is 36.8 Å². The zero-order valence-corrected chi connectivity index (χ0v) is 12.6. The monoisotopic (exact) mass is 292 g/mol. The lowest BCUT2D eigenvalue weighted by Crippen LogP contribution is -2.02. The van der Waals surface area contributed by atoms with E-state index in [1.807, 2.05) is 48.8 Å². The molecule has 0 fully saturated rings. The van der Waals surface area contributed by atoms with E-state index in [0.717, 1.165) is 28.9 Å². The van der Waals surface area contributed by atoms with Gasteiger partial charge in [-0.1, -0.05) is 6.92 Å². The largest absolute Gasteiger partial charge is 0.477 e. The summed E-state index contributed by atoms with van der Waals surface area (Å²) < 4.78 is 7.50. The van der Waals surface area contributed by atoms with Crippen molar-refractivity contribution in [1.82, 2.24) is 14.4 Å². The van der Waals surface area contributed by atoms with E-state index in [9.17, 15) is 5.26 Å². The maximum absolute atomic E-state index is 9.33. The van der Waals surface area contributed by atoms with E-state index >= 15 is 0 Å². The average Bonchev–Trinajstić information content (AvgIpc) is 3.00. The third-order valence-corrected chi connectivity index (χ3v) is 3.44. The first-order valence-corrected chi connectivity index (χ1v) is 7.20. The number of nitrogens with zero attached hydrogens (tertiary/aromatic N) is 4.